The van der Waals surface area contributed by atoms with Crippen molar-refractivity contribution in [1.82, 2.24) is 10.2 Å². The van der Waals surface area contributed by atoms with Gasteiger partial charge in [-0.25, -0.2) is 0 Å². The Bertz CT molecular complexity index is 915. The lowest BCUT2D eigenvalue weighted by atomic mass is 10.1. The predicted molar refractivity (Wildman–Crippen MR) is 103 cm³/mol. The minimum Gasteiger partial charge on any atom is -0.461 e. The number of carbonyl (C=O) groups is 2. The summed E-state index contributed by atoms with van der Waals surface area (Å²) in [6.45, 7) is 1.54. The summed E-state index contributed by atoms with van der Waals surface area (Å²) in [5.74, 6) is 0.549. The Kier molecular flexibility index (Phi) is 4.92. The standard InChI is InChI=1S/C22H22N2O3/c25-21-13-18(15-24(21)14-16-6-2-1-3-7-16)22(26)23-11-10-19-12-17-8-4-5-9-20(17)27-19/h1-9,12,18H,10-11,13-15H2,(H,23,26). The van der Waals surface area contributed by atoms with Crippen LogP contribution in [0.1, 0.15) is 17.7 Å². The van der Waals surface area contributed by atoms with Gasteiger partial charge in [-0.1, -0.05) is 48.5 Å². The number of hydrogen-bond acceptors (Lipinski definition) is 3. The maximum atomic E-state index is 12.4. The summed E-state index contributed by atoms with van der Waals surface area (Å²) < 4.78 is 5.76. The predicted octanol–water partition coefficient (Wildman–Crippen LogP) is 3.14. The molecular formula is C22H22N2O3. The van der Waals surface area contributed by atoms with Crippen molar-refractivity contribution in [3.8, 4) is 0 Å². The molecule has 0 bridgehead atoms. The SMILES string of the molecule is O=C(NCCc1cc2ccccc2o1)C1CC(=O)N(Cc2ccccc2)C1. The molecule has 5 nitrogen and oxygen atoms in total. The number of carbonyl (C=O) groups excluding carboxylic acids is 2. The van der Waals surface area contributed by atoms with E-state index in [2.05, 4.69) is 5.32 Å². The number of hydrogen-bond donors (Lipinski definition) is 1. The number of rotatable bonds is 6. The van der Waals surface area contributed by atoms with Crippen LogP contribution in [0.15, 0.2) is 65.1 Å². The van der Waals surface area contributed by atoms with Crippen LogP contribution in [-0.2, 0) is 22.6 Å². The zero-order chi connectivity index (χ0) is 18.6. The van der Waals surface area contributed by atoms with E-state index < -0.39 is 0 Å². The van der Waals surface area contributed by atoms with Crippen molar-refractivity contribution in [2.24, 2.45) is 5.92 Å². The van der Waals surface area contributed by atoms with Crippen molar-refractivity contribution in [2.75, 3.05) is 13.1 Å². The van der Waals surface area contributed by atoms with Gasteiger partial charge in [0.05, 0.1) is 5.92 Å². The molecule has 4 rings (SSSR count). The molecule has 1 aromatic heterocycles. The van der Waals surface area contributed by atoms with Crippen LogP contribution in [0.4, 0.5) is 0 Å². The van der Waals surface area contributed by atoms with Gasteiger partial charge >= 0.3 is 0 Å². The summed E-state index contributed by atoms with van der Waals surface area (Å²) in [6, 6.07) is 19.7. The van der Waals surface area contributed by atoms with Crippen LogP contribution >= 0.6 is 0 Å². The van der Waals surface area contributed by atoms with Gasteiger partial charge in [0.15, 0.2) is 0 Å². The molecule has 0 radical (unpaired) electrons. The molecule has 1 N–H and O–H groups in total. The Morgan fingerprint density at radius 2 is 1.89 bits per heavy atom. The van der Waals surface area contributed by atoms with E-state index in [1.807, 2.05) is 60.7 Å². The van der Waals surface area contributed by atoms with Gasteiger partial charge in [0.2, 0.25) is 11.8 Å². The zero-order valence-electron chi connectivity index (χ0n) is 15.1. The van der Waals surface area contributed by atoms with Crippen molar-refractivity contribution in [2.45, 2.75) is 19.4 Å². The lowest BCUT2D eigenvalue weighted by molar-refractivity contribution is -0.129. The number of nitrogens with one attached hydrogen (secondary N) is 1. The third-order valence-corrected chi connectivity index (χ3v) is 4.95. The second-order valence-electron chi connectivity index (χ2n) is 6.95. The molecule has 27 heavy (non-hydrogen) atoms. The van der Waals surface area contributed by atoms with Crippen LogP contribution in [0.2, 0.25) is 0 Å². The van der Waals surface area contributed by atoms with Crippen LogP contribution < -0.4 is 5.32 Å². The molecule has 1 aliphatic heterocycles. The van der Waals surface area contributed by atoms with Crippen LogP contribution in [0, 0.1) is 5.92 Å². The number of fused-ring (bicyclic) bond motifs is 1. The third-order valence-electron chi connectivity index (χ3n) is 4.95. The molecule has 5 heteroatoms. The molecule has 3 aromatic rings. The smallest absolute Gasteiger partial charge is 0.225 e. The van der Waals surface area contributed by atoms with Gasteiger partial charge in [0.1, 0.15) is 11.3 Å². The highest BCUT2D eigenvalue weighted by Crippen LogP contribution is 2.21. The summed E-state index contributed by atoms with van der Waals surface area (Å²) in [4.78, 5) is 26.4. The summed E-state index contributed by atoms with van der Waals surface area (Å²) in [6.07, 6.45) is 0.915. The van der Waals surface area contributed by atoms with Gasteiger partial charge in [-0.15, -0.1) is 0 Å². The minimum absolute atomic E-state index is 0.0382. The number of benzene rings is 2. The molecule has 0 spiro atoms. The Morgan fingerprint density at radius 1 is 1.11 bits per heavy atom. The lowest BCUT2D eigenvalue weighted by Gasteiger charge is -2.16. The molecule has 1 fully saturated rings. The Hall–Kier alpha value is -3.08. The first kappa shape index (κ1) is 17.3. The van der Waals surface area contributed by atoms with Crippen LogP contribution in [0.25, 0.3) is 11.0 Å². The molecule has 0 saturated carbocycles. The molecule has 1 atom stereocenters. The minimum atomic E-state index is -0.281. The summed E-state index contributed by atoms with van der Waals surface area (Å²) in [7, 11) is 0. The first-order chi connectivity index (χ1) is 13.2. The van der Waals surface area contributed by atoms with Crippen molar-refractivity contribution in [3.63, 3.8) is 0 Å². The molecule has 1 unspecified atom stereocenters. The number of furan rings is 1. The Labute approximate surface area is 158 Å². The van der Waals surface area contributed by atoms with Gasteiger partial charge < -0.3 is 14.6 Å². The number of likely N-dealkylation sites (tertiary alicyclic amines) is 1. The normalized spacial score (nSPS) is 16.8. The lowest BCUT2D eigenvalue weighted by Crippen LogP contribution is -2.34. The fourth-order valence-corrected chi connectivity index (χ4v) is 3.52. The Morgan fingerprint density at radius 3 is 2.70 bits per heavy atom. The van der Waals surface area contributed by atoms with Crippen molar-refractivity contribution < 1.29 is 14.0 Å². The highest BCUT2D eigenvalue weighted by atomic mass is 16.3. The van der Waals surface area contributed by atoms with E-state index in [0.29, 0.717) is 26.1 Å². The Balaban J connectivity index is 1.27. The number of amides is 2. The number of nitrogens with zero attached hydrogens (tertiary/aromatic N) is 1. The van der Waals surface area contributed by atoms with E-state index in [0.717, 1.165) is 22.3 Å². The summed E-state index contributed by atoms with van der Waals surface area (Å²) in [5.41, 5.74) is 1.94. The first-order valence-corrected chi connectivity index (χ1v) is 9.26. The second-order valence-corrected chi connectivity index (χ2v) is 6.95. The maximum absolute atomic E-state index is 12.4. The zero-order valence-corrected chi connectivity index (χ0v) is 15.1. The van der Waals surface area contributed by atoms with Crippen LogP contribution in [-0.4, -0.2) is 29.8 Å². The van der Waals surface area contributed by atoms with Gasteiger partial charge in [0, 0.05) is 37.9 Å². The van der Waals surface area contributed by atoms with Gasteiger partial charge in [0.25, 0.3) is 0 Å². The average Bonchev–Trinajstić information content (AvgIpc) is 3.26. The molecule has 2 amide bonds. The average molecular weight is 362 g/mol. The van der Waals surface area contributed by atoms with Gasteiger partial charge in [-0.2, -0.15) is 0 Å². The van der Waals surface area contributed by atoms with Crippen molar-refractivity contribution in [3.05, 3.63) is 72.0 Å². The molecule has 138 valence electrons. The van der Waals surface area contributed by atoms with Crippen LogP contribution in [0.3, 0.4) is 0 Å². The summed E-state index contributed by atoms with van der Waals surface area (Å²) in [5, 5.41) is 4.01. The van der Waals surface area contributed by atoms with Crippen LogP contribution in [0.5, 0.6) is 0 Å². The fraction of sp³-hybridized carbons (Fsp3) is 0.273. The van der Waals surface area contributed by atoms with E-state index >= 15 is 0 Å². The molecule has 1 saturated heterocycles. The fourth-order valence-electron chi connectivity index (χ4n) is 3.52. The maximum Gasteiger partial charge on any atom is 0.225 e. The molecular weight excluding hydrogens is 340 g/mol. The number of para-hydroxylation sites is 1. The van der Waals surface area contributed by atoms with Gasteiger partial charge in [-0.3, -0.25) is 9.59 Å². The van der Waals surface area contributed by atoms with Crippen molar-refractivity contribution >= 4 is 22.8 Å². The molecule has 2 heterocycles. The van der Waals surface area contributed by atoms with E-state index in [4.69, 9.17) is 4.42 Å². The second kappa shape index (κ2) is 7.66. The third kappa shape index (κ3) is 4.03. The van der Waals surface area contributed by atoms with E-state index in [1.165, 1.54) is 0 Å². The highest BCUT2D eigenvalue weighted by molar-refractivity contribution is 5.89. The summed E-state index contributed by atoms with van der Waals surface area (Å²) >= 11 is 0. The molecule has 0 aliphatic carbocycles. The molecule has 1 aliphatic rings. The quantitative estimate of drug-likeness (QED) is 0.733. The topological polar surface area (TPSA) is 62.6 Å². The molecule has 2 aromatic carbocycles. The monoisotopic (exact) mass is 362 g/mol. The van der Waals surface area contributed by atoms with E-state index in [1.54, 1.807) is 4.90 Å². The van der Waals surface area contributed by atoms with E-state index in [9.17, 15) is 9.59 Å². The highest BCUT2D eigenvalue weighted by Gasteiger charge is 2.33. The largest absolute Gasteiger partial charge is 0.461 e. The first-order valence-electron chi connectivity index (χ1n) is 9.26. The van der Waals surface area contributed by atoms with Gasteiger partial charge in [-0.05, 0) is 17.7 Å². The van der Waals surface area contributed by atoms with E-state index in [-0.39, 0.29) is 24.2 Å². The van der Waals surface area contributed by atoms with Crippen molar-refractivity contribution in [1.29, 1.82) is 0 Å².